The van der Waals surface area contributed by atoms with Crippen molar-refractivity contribution in [1.82, 2.24) is 15.6 Å². The minimum atomic E-state index is -0.224. The number of methoxy groups -OCH3 is 2. The number of amides is 2. The number of hydrogen-bond acceptors (Lipinski definition) is 4. The molecule has 3 unspecified atom stereocenters. The molecule has 168 valence electrons. The molecule has 1 saturated carbocycles. The average molecular weight is 436 g/mol. The molecule has 0 bridgehead atoms. The lowest BCUT2D eigenvalue weighted by Crippen LogP contribution is -2.39. The maximum absolute atomic E-state index is 12.5. The van der Waals surface area contributed by atoms with Crippen molar-refractivity contribution in [3.8, 4) is 11.5 Å². The van der Waals surface area contributed by atoms with Gasteiger partial charge in [0.1, 0.15) is 0 Å². The van der Waals surface area contributed by atoms with Crippen molar-refractivity contribution in [3.05, 3.63) is 59.8 Å². The van der Waals surface area contributed by atoms with Crippen LogP contribution in [0.5, 0.6) is 11.5 Å². The van der Waals surface area contributed by atoms with Crippen molar-refractivity contribution in [3.63, 3.8) is 0 Å². The number of ether oxygens (including phenoxy) is 2. The van der Waals surface area contributed by atoms with Gasteiger partial charge in [0, 0.05) is 41.0 Å². The predicted molar refractivity (Wildman–Crippen MR) is 123 cm³/mol. The standard InChI is InChI=1S/C25H29N3O4/c1-15-11-18(15)25(30)28-14-23(29)27-13-20(17-8-6-10-22(31-2)24(17)32-3)19-12-26-21-9-5-4-7-16(19)21/h4-10,12,15,18,20,26H,11,13-14H2,1-3H3,(H,27,29)(H,28,30). The Morgan fingerprint density at radius 3 is 2.56 bits per heavy atom. The van der Waals surface area contributed by atoms with E-state index < -0.39 is 0 Å². The number of benzene rings is 2. The summed E-state index contributed by atoms with van der Waals surface area (Å²) in [5.41, 5.74) is 2.97. The van der Waals surface area contributed by atoms with Crippen LogP contribution in [-0.2, 0) is 9.59 Å². The lowest BCUT2D eigenvalue weighted by atomic mass is 9.90. The quantitative estimate of drug-likeness (QED) is 0.481. The molecule has 7 nitrogen and oxygen atoms in total. The van der Waals surface area contributed by atoms with E-state index in [1.165, 1.54) is 0 Å². The van der Waals surface area contributed by atoms with Crippen molar-refractivity contribution in [2.45, 2.75) is 19.3 Å². The number of carbonyl (C=O) groups excluding carboxylic acids is 2. The Bertz CT molecular complexity index is 1120. The zero-order chi connectivity index (χ0) is 22.7. The van der Waals surface area contributed by atoms with E-state index in [1.54, 1.807) is 14.2 Å². The van der Waals surface area contributed by atoms with Crippen LogP contribution in [0.3, 0.4) is 0 Å². The molecule has 3 atom stereocenters. The second-order valence-electron chi connectivity index (χ2n) is 8.27. The Hall–Kier alpha value is -3.48. The van der Waals surface area contributed by atoms with Gasteiger partial charge in [-0.2, -0.15) is 0 Å². The number of aromatic nitrogens is 1. The number of fused-ring (bicyclic) bond motifs is 1. The third-order valence-corrected chi connectivity index (χ3v) is 6.18. The van der Waals surface area contributed by atoms with E-state index in [2.05, 4.69) is 21.7 Å². The summed E-state index contributed by atoms with van der Waals surface area (Å²) in [7, 11) is 3.22. The van der Waals surface area contributed by atoms with E-state index in [0.717, 1.165) is 28.5 Å². The summed E-state index contributed by atoms with van der Waals surface area (Å²) in [5, 5.41) is 6.80. The molecular weight excluding hydrogens is 406 g/mol. The van der Waals surface area contributed by atoms with E-state index >= 15 is 0 Å². The summed E-state index contributed by atoms with van der Waals surface area (Å²) < 4.78 is 11.2. The van der Waals surface area contributed by atoms with Crippen LogP contribution in [0.1, 0.15) is 30.4 Å². The molecule has 1 fully saturated rings. The minimum absolute atomic E-state index is 0.0299. The molecule has 2 amide bonds. The van der Waals surface area contributed by atoms with Crippen LogP contribution in [0.2, 0.25) is 0 Å². The smallest absolute Gasteiger partial charge is 0.239 e. The van der Waals surface area contributed by atoms with Crippen molar-refractivity contribution < 1.29 is 19.1 Å². The number of nitrogens with one attached hydrogen (secondary N) is 3. The number of hydrogen-bond donors (Lipinski definition) is 3. The summed E-state index contributed by atoms with van der Waals surface area (Å²) in [5.74, 6) is 1.27. The Morgan fingerprint density at radius 2 is 1.84 bits per heavy atom. The van der Waals surface area contributed by atoms with Crippen LogP contribution in [0.15, 0.2) is 48.7 Å². The second kappa shape index (κ2) is 9.34. The van der Waals surface area contributed by atoms with Gasteiger partial charge >= 0.3 is 0 Å². The molecule has 7 heteroatoms. The third-order valence-electron chi connectivity index (χ3n) is 6.18. The molecule has 1 aromatic heterocycles. The highest BCUT2D eigenvalue weighted by atomic mass is 16.5. The SMILES string of the molecule is COc1cccc(C(CNC(=O)CNC(=O)C2CC2C)c2c[nH]c3ccccc23)c1OC. The Kier molecular flexibility index (Phi) is 6.35. The number of para-hydroxylation sites is 2. The van der Waals surface area contributed by atoms with E-state index in [0.29, 0.717) is 24.0 Å². The molecule has 3 aromatic rings. The number of aromatic amines is 1. The van der Waals surface area contributed by atoms with Gasteiger partial charge in [-0.3, -0.25) is 9.59 Å². The summed E-state index contributed by atoms with van der Waals surface area (Å²) in [4.78, 5) is 27.9. The maximum atomic E-state index is 12.5. The zero-order valence-corrected chi connectivity index (χ0v) is 18.6. The lowest BCUT2D eigenvalue weighted by Gasteiger charge is -2.22. The first-order chi connectivity index (χ1) is 15.5. The van der Waals surface area contributed by atoms with Gasteiger partial charge in [-0.1, -0.05) is 37.3 Å². The molecule has 1 aliphatic rings. The summed E-state index contributed by atoms with van der Waals surface area (Å²) in [6.45, 7) is 2.36. The lowest BCUT2D eigenvalue weighted by molar-refractivity contribution is -0.127. The van der Waals surface area contributed by atoms with Crippen molar-refractivity contribution in [2.75, 3.05) is 27.3 Å². The summed E-state index contributed by atoms with van der Waals surface area (Å²) >= 11 is 0. The monoisotopic (exact) mass is 435 g/mol. The third kappa shape index (κ3) is 4.42. The van der Waals surface area contributed by atoms with Gasteiger partial charge in [0.2, 0.25) is 11.8 Å². The first-order valence-electron chi connectivity index (χ1n) is 10.8. The van der Waals surface area contributed by atoms with E-state index in [4.69, 9.17) is 9.47 Å². The van der Waals surface area contributed by atoms with E-state index in [-0.39, 0.29) is 30.2 Å². The van der Waals surface area contributed by atoms with Crippen molar-refractivity contribution >= 4 is 22.7 Å². The van der Waals surface area contributed by atoms with Crippen LogP contribution in [0.4, 0.5) is 0 Å². The van der Waals surface area contributed by atoms with Crippen LogP contribution >= 0.6 is 0 Å². The highest BCUT2D eigenvalue weighted by Gasteiger charge is 2.39. The van der Waals surface area contributed by atoms with E-state index in [1.807, 2.05) is 49.5 Å². The summed E-state index contributed by atoms with van der Waals surface area (Å²) in [6.07, 6.45) is 2.86. The van der Waals surface area contributed by atoms with Gasteiger partial charge in [0.25, 0.3) is 0 Å². The van der Waals surface area contributed by atoms with Gasteiger partial charge in [-0.15, -0.1) is 0 Å². The maximum Gasteiger partial charge on any atom is 0.239 e. The topological polar surface area (TPSA) is 92.5 Å². The largest absolute Gasteiger partial charge is 0.493 e. The molecule has 0 aliphatic heterocycles. The van der Waals surface area contributed by atoms with E-state index in [9.17, 15) is 9.59 Å². The van der Waals surface area contributed by atoms with Gasteiger partial charge in [0.05, 0.1) is 20.8 Å². The minimum Gasteiger partial charge on any atom is -0.493 e. The van der Waals surface area contributed by atoms with Gasteiger partial charge in [-0.05, 0) is 30.0 Å². The van der Waals surface area contributed by atoms with Gasteiger partial charge < -0.3 is 25.1 Å². The zero-order valence-electron chi connectivity index (χ0n) is 18.6. The fourth-order valence-electron chi connectivity index (χ4n) is 4.22. The van der Waals surface area contributed by atoms with Crippen molar-refractivity contribution in [2.24, 2.45) is 11.8 Å². The molecule has 0 radical (unpaired) electrons. The number of carbonyl (C=O) groups is 2. The molecule has 32 heavy (non-hydrogen) atoms. The van der Waals surface area contributed by atoms with Crippen LogP contribution < -0.4 is 20.1 Å². The Balaban J connectivity index is 1.57. The Morgan fingerprint density at radius 1 is 1.06 bits per heavy atom. The fraction of sp³-hybridized carbons (Fsp3) is 0.360. The van der Waals surface area contributed by atoms with Crippen LogP contribution in [0, 0.1) is 11.8 Å². The predicted octanol–water partition coefficient (Wildman–Crippen LogP) is 3.21. The van der Waals surface area contributed by atoms with Gasteiger partial charge in [-0.25, -0.2) is 0 Å². The van der Waals surface area contributed by atoms with Gasteiger partial charge in [0.15, 0.2) is 11.5 Å². The molecule has 1 heterocycles. The first kappa shape index (κ1) is 21.7. The second-order valence-corrected chi connectivity index (χ2v) is 8.27. The first-order valence-corrected chi connectivity index (χ1v) is 10.8. The average Bonchev–Trinajstić information content (AvgIpc) is 3.40. The van der Waals surface area contributed by atoms with Crippen molar-refractivity contribution in [1.29, 1.82) is 0 Å². The van der Waals surface area contributed by atoms with Crippen LogP contribution in [0.25, 0.3) is 10.9 Å². The molecule has 3 N–H and O–H groups in total. The molecular formula is C25H29N3O4. The summed E-state index contributed by atoms with van der Waals surface area (Å²) in [6, 6.07) is 13.8. The van der Waals surface area contributed by atoms with Crippen LogP contribution in [-0.4, -0.2) is 44.1 Å². The molecule has 1 aliphatic carbocycles. The molecule has 4 rings (SSSR count). The molecule has 0 spiro atoms. The fourth-order valence-corrected chi connectivity index (χ4v) is 4.22. The molecule has 2 aromatic carbocycles. The Labute approximate surface area is 187 Å². The number of rotatable bonds is 9. The highest BCUT2D eigenvalue weighted by Crippen LogP contribution is 2.40. The number of H-pyrrole nitrogens is 1. The molecule has 0 saturated heterocycles. The normalized spacial score (nSPS) is 18.1. The highest BCUT2D eigenvalue weighted by molar-refractivity contribution is 5.87.